The summed E-state index contributed by atoms with van der Waals surface area (Å²) in [4.78, 5) is 8.76. The van der Waals surface area contributed by atoms with Crippen molar-refractivity contribution in [3.05, 3.63) is 46.7 Å². The van der Waals surface area contributed by atoms with Gasteiger partial charge in [-0.3, -0.25) is 0 Å². The van der Waals surface area contributed by atoms with E-state index in [2.05, 4.69) is 30.7 Å². The molecule has 22 heavy (non-hydrogen) atoms. The summed E-state index contributed by atoms with van der Waals surface area (Å²) in [5, 5.41) is 15.7. The van der Waals surface area contributed by atoms with Crippen molar-refractivity contribution >= 4 is 45.1 Å². The molecule has 0 aliphatic rings. The maximum Gasteiger partial charge on any atom is 0.265 e. The molecular weight excluding hydrogens is 296 g/mol. The van der Waals surface area contributed by atoms with Crippen molar-refractivity contribution in [2.75, 3.05) is 5.43 Å². The van der Waals surface area contributed by atoms with Gasteiger partial charge in [0.05, 0.1) is 5.71 Å². The number of fused-ring (bicyclic) bond motifs is 3. The highest BCUT2D eigenvalue weighted by molar-refractivity contribution is 7.12. The third-order valence-corrected chi connectivity index (χ3v) is 4.30. The fourth-order valence-corrected chi connectivity index (χ4v) is 2.92. The van der Waals surface area contributed by atoms with E-state index < -0.39 is 0 Å². The Morgan fingerprint density at radius 3 is 2.95 bits per heavy atom. The van der Waals surface area contributed by atoms with Crippen molar-refractivity contribution in [1.82, 2.24) is 20.2 Å². The van der Waals surface area contributed by atoms with Crippen LogP contribution in [0, 0.1) is 0 Å². The van der Waals surface area contributed by atoms with Gasteiger partial charge in [0.1, 0.15) is 5.52 Å². The fourth-order valence-electron chi connectivity index (χ4n) is 2.24. The zero-order chi connectivity index (χ0) is 14.9. The molecule has 0 atom stereocenters. The van der Waals surface area contributed by atoms with Gasteiger partial charge in [0.25, 0.3) is 5.95 Å². The van der Waals surface area contributed by atoms with Crippen LogP contribution in [0.15, 0.2) is 46.9 Å². The SMILES string of the molecule is C/C(=N\Nc1nnc2c(n1)[nH]c1ccccc12)c1cccs1. The number of hydrogen-bond donors (Lipinski definition) is 2. The second-order valence-corrected chi connectivity index (χ2v) is 5.74. The largest absolute Gasteiger partial charge is 0.338 e. The molecule has 108 valence electrons. The lowest BCUT2D eigenvalue weighted by atomic mass is 10.2. The Labute approximate surface area is 129 Å². The molecule has 0 fully saturated rings. The van der Waals surface area contributed by atoms with Crippen molar-refractivity contribution < 1.29 is 0 Å². The van der Waals surface area contributed by atoms with Crippen LogP contribution in [-0.4, -0.2) is 25.9 Å². The van der Waals surface area contributed by atoms with Crippen molar-refractivity contribution in [2.24, 2.45) is 5.10 Å². The average Bonchev–Trinajstić information content (AvgIpc) is 3.19. The molecule has 4 rings (SSSR count). The van der Waals surface area contributed by atoms with E-state index in [0.29, 0.717) is 11.6 Å². The van der Waals surface area contributed by atoms with Crippen LogP contribution in [0.4, 0.5) is 5.95 Å². The number of para-hydroxylation sites is 1. The van der Waals surface area contributed by atoms with E-state index >= 15 is 0 Å². The molecule has 0 spiro atoms. The molecule has 4 aromatic rings. The first-order chi connectivity index (χ1) is 10.8. The van der Waals surface area contributed by atoms with E-state index in [4.69, 9.17) is 0 Å². The summed E-state index contributed by atoms with van der Waals surface area (Å²) in [5.41, 5.74) is 6.20. The summed E-state index contributed by atoms with van der Waals surface area (Å²) >= 11 is 1.64. The lowest BCUT2D eigenvalue weighted by molar-refractivity contribution is 1.01. The standard InChI is InChI=1S/C15H12N6S/c1-9(12-7-4-8-22-12)18-20-15-17-14-13(19-21-15)10-5-2-3-6-11(10)16-14/h2-8H,1H3,(H2,16,17,20,21)/b18-9+. The van der Waals surface area contributed by atoms with Crippen LogP contribution in [-0.2, 0) is 0 Å². The van der Waals surface area contributed by atoms with Gasteiger partial charge in [-0.15, -0.1) is 21.5 Å². The van der Waals surface area contributed by atoms with Crippen LogP contribution >= 0.6 is 11.3 Å². The average molecular weight is 308 g/mol. The van der Waals surface area contributed by atoms with Crippen molar-refractivity contribution in [3.8, 4) is 0 Å². The number of rotatable bonds is 3. The molecule has 6 nitrogen and oxygen atoms in total. The molecule has 1 aromatic carbocycles. The lowest BCUT2D eigenvalue weighted by Gasteiger charge is -1.99. The van der Waals surface area contributed by atoms with Crippen molar-refractivity contribution in [2.45, 2.75) is 6.92 Å². The highest BCUT2D eigenvalue weighted by atomic mass is 32.1. The number of nitrogens with zero attached hydrogens (tertiary/aromatic N) is 4. The Morgan fingerprint density at radius 2 is 2.09 bits per heavy atom. The number of anilines is 1. The summed E-state index contributed by atoms with van der Waals surface area (Å²) < 4.78 is 0. The third kappa shape index (κ3) is 2.21. The van der Waals surface area contributed by atoms with Crippen LogP contribution in [0.25, 0.3) is 22.1 Å². The van der Waals surface area contributed by atoms with E-state index in [1.807, 2.05) is 48.7 Å². The van der Waals surface area contributed by atoms with Crippen LogP contribution in [0.2, 0.25) is 0 Å². The number of aromatic nitrogens is 4. The second-order valence-electron chi connectivity index (χ2n) is 4.79. The summed E-state index contributed by atoms with van der Waals surface area (Å²) in [6, 6.07) is 11.9. The molecule has 0 aliphatic carbocycles. The number of aromatic amines is 1. The highest BCUT2D eigenvalue weighted by Gasteiger charge is 2.08. The Kier molecular flexibility index (Phi) is 3.05. The van der Waals surface area contributed by atoms with Gasteiger partial charge >= 0.3 is 0 Å². The minimum atomic E-state index is 0.370. The normalized spacial score (nSPS) is 12.1. The van der Waals surface area contributed by atoms with E-state index in [0.717, 1.165) is 27.0 Å². The Bertz CT molecular complexity index is 970. The molecule has 0 saturated carbocycles. The predicted molar refractivity (Wildman–Crippen MR) is 89.3 cm³/mol. The van der Waals surface area contributed by atoms with E-state index in [9.17, 15) is 0 Å². The van der Waals surface area contributed by atoms with Crippen molar-refractivity contribution in [3.63, 3.8) is 0 Å². The van der Waals surface area contributed by atoms with Gasteiger partial charge in [-0.05, 0) is 24.4 Å². The van der Waals surface area contributed by atoms with Gasteiger partial charge in [-0.1, -0.05) is 24.3 Å². The molecule has 0 aliphatic heterocycles. The maximum absolute atomic E-state index is 4.42. The minimum absolute atomic E-state index is 0.370. The van der Waals surface area contributed by atoms with Crippen LogP contribution in [0.5, 0.6) is 0 Å². The number of hydrogen-bond acceptors (Lipinski definition) is 6. The monoisotopic (exact) mass is 308 g/mol. The van der Waals surface area contributed by atoms with E-state index in [1.54, 1.807) is 11.3 Å². The molecule has 3 heterocycles. The molecule has 0 amide bonds. The lowest BCUT2D eigenvalue weighted by Crippen LogP contribution is -2.02. The molecule has 0 bridgehead atoms. The first-order valence-electron chi connectivity index (χ1n) is 6.76. The molecule has 3 aromatic heterocycles. The van der Waals surface area contributed by atoms with Crippen LogP contribution in [0.3, 0.4) is 0 Å². The predicted octanol–water partition coefficient (Wildman–Crippen LogP) is 3.40. The quantitative estimate of drug-likeness (QED) is 0.449. The summed E-state index contributed by atoms with van der Waals surface area (Å²) in [6.07, 6.45) is 0. The first kappa shape index (κ1) is 12.9. The molecule has 0 radical (unpaired) electrons. The zero-order valence-electron chi connectivity index (χ0n) is 11.7. The number of hydrazone groups is 1. The van der Waals surface area contributed by atoms with Gasteiger partial charge in [0, 0.05) is 15.8 Å². The molecule has 0 saturated heterocycles. The van der Waals surface area contributed by atoms with Gasteiger partial charge in [0.15, 0.2) is 5.65 Å². The van der Waals surface area contributed by atoms with Gasteiger partial charge in [0.2, 0.25) is 0 Å². The molecule has 7 heteroatoms. The third-order valence-electron chi connectivity index (χ3n) is 3.32. The maximum atomic E-state index is 4.42. The van der Waals surface area contributed by atoms with E-state index in [-0.39, 0.29) is 0 Å². The van der Waals surface area contributed by atoms with Gasteiger partial charge in [-0.2, -0.15) is 10.1 Å². The summed E-state index contributed by atoms with van der Waals surface area (Å²) in [7, 11) is 0. The summed E-state index contributed by atoms with van der Waals surface area (Å²) in [5.74, 6) is 0.370. The summed E-state index contributed by atoms with van der Waals surface area (Å²) in [6.45, 7) is 1.94. The zero-order valence-corrected chi connectivity index (χ0v) is 12.6. The molecular formula is C15H12N6S. The Balaban J connectivity index is 1.68. The molecule has 0 unspecified atom stereocenters. The topological polar surface area (TPSA) is 78.8 Å². The van der Waals surface area contributed by atoms with Crippen LogP contribution < -0.4 is 5.43 Å². The van der Waals surface area contributed by atoms with Crippen LogP contribution in [0.1, 0.15) is 11.8 Å². The van der Waals surface area contributed by atoms with Crippen molar-refractivity contribution in [1.29, 1.82) is 0 Å². The van der Waals surface area contributed by atoms with Gasteiger partial charge in [-0.25, -0.2) is 5.43 Å². The fraction of sp³-hybridized carbons (Fsp3) is 0.0667. The number of nitrogens with one attached hydrogen (secondary N) is 2. The Hall–Kier alpha value is -2.80. The Morgan fingerprint density at radius 1 is 1.18 bits per heavy atom. The molecule has 2 N–H and O–H groups in total. The number of H-pyrrole nitrogens is 1. The first-order valence-corrected chi connectivity index (χ1v) is 7.64. The minimum Gasteiger partial charge on any atom is -0.338 e. The second kappa shape index (κ2) is 5.19. The number of thiophene rings is 1. The highest BCUT2D eigenvalue weighted by Crippen LogP contribution is 2.21. The van der Waals surface area contributed by atoms with Gasteiger partial charge < -0.3 is 4.98 Å². The smallest absolute Gasteiger partial charge is 0.265 e. The number of benzene rings is 1. The van der Waals surface area contributed by atoms with E-state index in [1.165, 1.54) is 0 Å².